The molecule has 0 atom stereocenters. The first-order valence-electron chi connectivity index (χ1n) is 10.2. The number of methoxy groups -OCH3 is 1. The van der Waals surface area contributed by atoms with Crippen LogP contribution in [0, 0.1) is 5.82 Å². The van der Waals surface area contributed by atoms with Gasteiger partial charge in [0.2, 0.25) is 5.91 Å². The molecule has 0 radical (unpaired) electrons. The van der Waals surface area contributed by atoms with Crippen LogP contribution in [0.1, 0.15) is 28.6 Å². The minimum Gasteiger partial charge on any atom is -0.496 e. The van der Waals surface area contributed by atoms with Gasteiger partial charge in [0.1, 0.15) is 11.6 Å². The maximum Gasteiger partial charge on any atom is 0.263 e. The molecule has 0 unspecified atom stereocenters. The first-order chi connectivity index (χ1) is 15.3. The first kappa shape index (κ1) is 22.0. The zero-order chi connectivity index (χ0) is 23.0. The number of hydrogen-bond donors (Lipinski definition) is 0. The van der Waals surface area contributed by atoms with E-state index < -0.39 is 0 Å². The fourth-order valence-electron chi connectivity index (χ4n) is 3.91. The molecule has 1 aliphatic heterocycles. The molecule has 0 bridgehead atoms. The third-order valence-corrected chi connectivity index (χ3v) is 6.71. The van der Waals surface area contributed by atoms with Gasteiger partial charge in [-0.25, -0.2) is 4.39 Å². The van der Waals surface area contributed by atoms with Crippen molar-refractivity contribution >= 4 is 38.8 Å². The number of benzene rings is 1. The molecule has 0 fully saturated rings. The Kier molecular flexibility index (Phi) is 5.97. The summed E-state index contributed by atoms with van der Waals surface area (Å²) in [5.74, 6) is -0.00304. The van der Waals surface area contributed by atoms with E-state index in [1.807, 2.05) is 6.08 Å². The quantitative estimate of drug-likeness (QED) is 0.586. The van der Waals surface area contributed by atoms with Crippen LogP contribution < -0.4 is 4.74 Å². The molecule has 6 nitrogen and oxygen atoms in total. The second-order valence-electron chi connectivity index (χ2n) is 7.87. The predicted molar refractivity (Wildman–Crippen MR) is 124 cm³/mol. The van der Waals surface area contributed by atoms with E-state index in [1.54, 1.807) is 56.7 Å². The fraction of sp³-hybridized carbons (Fsp3) is 0.292. The number of carbonyl (C=O) groups excluding carboxylic acids is 2. The maximum absolute atomic E-state index is 15.8. The Morgan fingerprint density at radius 3 is 2.69 bits per heavy atom. The number of carbonyl (C=O) groups is 2. The van der Waals surface area contributed by atoms with Crippen molar-refractivity contribution in [1.29, 1.82) is 0 Å². The highest BCUT2D eigenvalue weighted by atomic mass is 32.1. The van der Waals surface area contributed by atoms with Crippen molar-refractivity contribution in [2.75, 3.05) is 34.3 Å². The molecule has 0 N–H and O–H groups in total. The van der Waals surface area contributed by atoms with E-state index in [1.165, 1.54) is 11.8 Å². The van der Waals surface area contributed by atoms with Crippen molar-refractivity contribution in [1.82, 2.24) is 14.8 Å². The molecule has 2 amide bonds. The predicted octanol–water partition coefficient (Wildman–Crippen LogP) is 4.45. The summed E-state index contributed by atoms with van der Waals surface area (Å²) in [6.45, 7) is 2.48. The van der Waals surface area contributed by atoms with Gasteiger partial charge in [-0.1, -0.05) is 6.08 Å². The van der Waals surface area contributed by atoms with E-state index in [9.17, 15) is 9.59 Å². The summed E-state index contributed by atoms with van der Waals surface area (Å²) in [6.07, 6.45) is 5.95. The lowest BCUT2D eigenvalue weighted by Gasteiger charge is -2.27. The zero-order valence-corrected chi connectivity index (χ0v) is 19.3. The molecule has 32 heavy (non-hydrogen) atoms. The molecular formula is C24H24FN3O3S. The third kappa shape index (κ3) is 3.86. The molecular weight excluding hydrogens is 429 g/mol. The molecule has 4 rings (SSSR count). The number of nitrogens with zero attached hydrogens (tertiary/aromatic N) is 3. The summed E-state index contributed by atoms with van der Waals surface area (Å²) in [5.41, 5.74) is 2.62. The number of halogens is 1. The van der Waals surface area contributed by atoms with E-state index >= 15 is 4.39 Å². The van der Waals surface area contributed by atoms with Crippen LogP contribution in [-0.2, 0) is 4.79 Å². The van der Waals surface area contributed by atoms with Crippen LogP contribution in [-0.4, -0.2) is 60.9 Å². The maximum atomic E-state index is 15.8. The SMILES string of the molecule is COc1ccncc1-c1cc(C2=CCCN(C(C)=O)C2)c(F)c2sc(C(=O)N(C)C)cc12. The molecule has 3 aromatic rings. The normalized spacial score (nSPS) is 13.8. The van der Waals surface area contributed by atoms with Crippen molar-refractivity contribution in [2.24, 2.45) is 0 Å². The van der Waals surface area contributed by atoms with Gasteiger partial charge in [-0.3, -0.25) is 14.6 Å². The molecule has 2 aromatic heterocycles. The number of pyridine rings is 1. The zero-order valence-electron chi connectivity index (χ0n) is 18.4. The van der Waals surface area contributed by atoms with Gasteiger partial charge >= 0.3 is 0 Å². The summed E-state index contributed by atoms with van der Waals surface area (Å²) in [6, 6.07) is 5.26. The van der Waals surface area contributed by atoms with Crippen LogP contribution in [0.5, 0.6) is 5.75 Å². The van der Waals surface area contributed by atoms with Crippen molar-refractivity contribution in [2.45, 2.75) is 13.3 Å². The number of ether oxygens (including phenoxy) is 1. The lowest BCUT2D eigenvalue weighted by molar-refractivity contribution is -0.128. The second kappa shape index (κ2) is 8.70. The van der Waals surface area contributed by atoms with Gasteiger partial charge in [-0.15, -0.1) is 11.3 Å². The molecule has 0 spiro atoms. The van der Waals surface area contributed by atoms with E-state index in [0.29, 0.717) is 51.4 Å². The molecule has 1 aliphatic rings. The van der Waals surface area contributed by atoms with Crippen LogP contribution in [0.3, 0.4) is 0 Å². The highest BCUT2D eigenvalue weighted by molar-refractivity contribution is 7.21. The van der Waals surface area contributed by atoms with Gasteiger partial charge < -0.3 is 14.5 Å². The number of amides is 2. The second-order valence-corrected chi connectivity index (χ2v) is 8.93. The van der Waals surface area contributed by atoms with Crippen LogP contribution in [0.4, 0.5) is 4.39 Å². The van der Waals surface area contributed by atoms with E-state index in [-0.39, 0.29) is 17.6 Å². The monoisotopic (exact) mass is 453 g/mol. The van der Waals surface area contributed by atoms with Crippen molar-refractivity contribution in [3.63, 3.8) is 0 Å². The molecule has 0 aliphatic carbocycles. The average Bonchev–Trinajstić information content (AvgIpc) is 3.25. The van der Waals surface area contributed by atoms with Crippen molar-refractivity contribution in [3.8, 4) is 16.9 Å². The molecule has 1 aromatic carbocycles. The third-order valence-electron chi connectivity index (χ3n) is 5.60. The van der Waals surface area contributed by atoms with Gasteiger partial charge in [0.15, 0.2) is 0 Å². The summed E-state index contributed by atoms with van der Waals surface area (Å²) < 4.78 is 21.8. The van der Waals surface area contributed by atoms with E-state index in [0.717, 1.165) is 22.5 Å². The Labute approximate surface area is 189 Å². The molecule has 8 heteroatoms. The smallest absolute Gasteiger partial charge is 0.263 e. The molecule has 0 saturated heterocycles. The van der Waals surface area contributed by atoms with Crippen molar-refractivity contribution < 1.29 is 18.7 Å². The van der Waals surface area contributed by atoms with Gasteiger partial charge in [0.05, 0.1) is 16.7 Å². The van der Waals surface area contributed by atoms with Gasteiger partial charge in [-0.2, -0.15) is 0 Å². The van der Waals surface area contributed by atoms with Gasteiger partial charge in [0, 0.05) is 63.0 Å². The van der Waals surface area contributed by atoms with E-state index in [2.05, 4.69) is 4.98 Å². The van der Waals surface area contributed by atoms with Crippen LogP contribution in [0.2, 0.25) is 0 Å². The van der Waals surface area contributed by atoms with E-state index in [4.69, 9.17) is 4.74 Å². The average molecular weight is 454 g/mol. The van der Waals surface area contributed by atoms with Crippen LogP contribution >= 0.6 is 11.3 Å². The Morgan fingerprint density at radius 1 is 1.22 bits per heavy atom. The van der Waals surface area contributed by atoms with Crippen LogP contribution in [0.25, 0.3) is 26.8 Å². The highest BCUT2D eigenvalue weighted by Gasteiger charge is 2.25. The summed E-state index contributed by atoms with van der Waals surface area (Å²) >= 11 is 1.13. The van der Waals surface area contributed by atoms with Crippen molar-refractivity contribution in [3.05, 3.63) is 52.9 Å². The Bertz CT molecular complexity index is 1250. The van der Waals surface area contributed by atoms with Crippen LogP contribution in [0.15, 0.2) is 36.7 Å². The number of rotatable bonds is 4. The number of hydrogen-bond acceptors (Lipinski definition) is 5. The standard InChI is InChI=1S/C24H24FN3O3S/c1-14(29)28-9-5-6-15(13-28)16-10-17(19-12-26-8-7-20(19)31-4)18-11-21(24(30)27(2)3)32-23(18)22(16)25/h6-8,10-12H,5,9,13H2,1-4H3. The number of thiophene rings is 1. The minimum absolute atomic E-state index is 0.0405. The molecule has 0 saturated carbocycles. The largest absolute Gasteiger partial charge is 0.496 e. The lowest BCUT2D eigenvalue weighted by atomic mass is 9.94. The lowest BCUT2D eigenvalue weighted by Crippen LogP contribution is -2.33. The summed E-state index contributed by atoms with van der Waals surface area (Å²) in [4.78, 5) is 32.4. The first-order valence-corrected chi connectivity index (χ1v) is 11.0. The highest BCUT2D eigenvalue weighted by Crippen LogP contribution is 2.42. The summed E-state index contributed by atoms with van der Waals surface area (Å²) in [5, 5.41) is 0.632. The fourth-order valence-corrected chi connectivity index (χ4v) is 5.06. The number of aromatic nitrogens is 1. The Hall–Kier alpha value is -3.26. The Morgan fingerprint density at radius 2 is 2.00 bits per heavy atom. The Balaban J connectivity index is 1.98. The van der Waals surface area contributed by atoms with Gasteiger partial charge in [0.25, 0.3) is 5.91 Å². The topological polar surface area (TPSA) is 62.7 Å². The van der Waals surface area contributed by atoms with Gasteiger partial charge in [-0.05, 0) is 35.8 Å². The number of fused-ring (bicyclic) bond motifs is 1. The minimum atomic E-state index is -0.383. The molecule has 3 heterocycles. The molecule has 166 valence electrons. The summed E-state index contributed by atoms with van der Waals surface area (Å²) in [7, 11) is 4.91.